The van der Waals surface area contributed by atoms with Gasteiger partial charge in [-0.25, -0.2) is 0 Å². The summed E-state index contributed by atoms with van der Waals surface area (Å²) < 4.78 is 5.45. The van der Waals surface area contributed by atoms with Crippen molar-refractivity contribution in [1.29, 1.82) is 5.26 Å². The molecule has 0 aromatic heterocycles. The summed E-state index contributed by atoms with van der Waals surface area (Å²) in [5, 5.41) is 15.0. The first-order valence-corrected chi connectivity index (χ1v) is 9.10. The van der Waals surface area contributed by atoms with Gasteiger partial charge in [0.1, 0.15) is 11.3 Å². The van der Waals surface area contributed by atoms with Crippen LogP contribution in [0.5, 0.6) is 5.75 Å². The molecule has 2 rings (SSSR count). The molecule has 0 spiro atoms. The number of carbonyl (C=O) groups excluding carboxylic acids is 2. The largest absolute Gasteiger partial charge is 0.484 e. The summed E-state index contributed by atoms with van der Waals surface area (Å²) in [6.07, 6.45) is 4.42. The van der Waals surface area contributed by atoms with Crippen LogP contribution in [0.25, 0.3) is 0 Å². The van der Waals surface area contributed by atoms with Crippen molar-refractivity contribution in [3.8, 4) is 11.8 Å². The van der Waals surface area contributed by atoms with Crippen LogP contribution in [0.1, 0.15) is 56.8 Å². The van der Waals surface area contributed by atoms with Gasteiger partial charge in [0, 0.05) is 11.6 Å². The first-order valence-electron chi connectivity index (χ1n) is 9.10. The zero-order valence-electron chi connectivity index (χ0n) is 15.7. The normalized spacial score (nSPS) is 16.6. The third-order valence-corrected chi connectivity index (χ3v) is 4.96. The summed E-state index contributed by atoms with van der Waals surface area (Å²) >= 11 is 0. The zero-order chi connectivity index (χ0) is 19.2. The van der Waals surface area contributed by atoms with E-state index < -0.39 is 5.54 Å². The summed E-state index contributed by atoms with van der Waals surface area (Å²) in [6, 6.07) is 9.11. The molecule has 1 aromatic rings. The molecule has 26 heavy (non-hydrogen) atoms. The number of amides is 2. The average molecular weight is 357 g/mol. The highest BCUT2D eigenvalue weighted by Gasteiger charge is 2.30. The monoisotopic (exact) mass is 357 g/mol. The van der Waals surface area contributed by atoms with Gasteiger partial charge in [0.25, 0.3) is 11.8 Å². The van der Waals surface area contributed by atoms with Crippen LogP contribution in [-0.2, 0) is 4.79 Å². The van der Waals surface area contributed by atoms with E-state index in [9.17, 15) is 14.9 Å². The van der Waals surface area contributed by atoms with Gasteiger partial charge in [-0.15, -0.1) is 0 Å². The van der Waals surface area contributed by atoms with Gasteiger partial charge in [0.05, 0.1) is 6.07 Å². The summed E-state index contributed by atoms with van der Waals surface area (Å²) in [5.74, 6) is 0.0450. The molecule has 1 fully saturated rings. The smallest absolute Gasteiger partial charge is 0.259 e. The van der Waals surface area contributed by atoms with Gasteiger partial charge >= 0.3 is 0 Å². The Morgan fingerprint density at radius 2 is 1.88 bits per heavy atom. The average Bonchev–Trinajstić information content (AvgIpc) is 3.13. The fourth-order valence-corrected chi connectivity index (χ4v) is 2.82. The lowest BCUT2D eigenvalue weighted by Crippen LogP contribution is -2.50. The number of rotatable bonds is 7. The Balaban J connectivity index is 1.84. The Morgan fingerprint density at radius 1 is 1.27 bits per heavy atom. The number of carbonyl (C=O) groups is 2. The summed E-state index contributed by atoms with van der Waals surface area (Å²) in [4.78, 5) is 24.2. The van der Waals surface area contributed by atoms with Crippen LogP contribution in [0.2, 0.25) is 0 Å². The van der Waals surface area contributed by atoms with Crippen molar-refractivity contribution < 1.29 is 14.3 Å². The van der Waals surface area contributed by atoms with Crippen molar-refractivity contribution >= 4 is 11.8 Å². The maximum atomic E-state index is 12.2. The molecule has 140 valence electrons. The second-order valence-electron chi connectivity index (χ2n) is 7.28. The fourth-order valence-electron chi connectivity index (χ4n) is 2.82. The molecule has 2 N–H and O–H groups in total. The number of benzene rings is 1. The molecule has 0 radical (unpaired) electrons. The molecular weight excluding hydrogens is 330 g/mol. The Labute approximate surface area is 154 Å². The number of nitrogens with zero attached hydrogens (tertiary/aromatic N) is 1. The molecule has 0 bridgehead atoms. The van der Waals surface area contributed by atoms with Crippen LogP contribution in [0, 0.1) is 17.2 Å². The predicted octanol–water partition coefficient (Wildman–Crippen LogP) is 2.79. The van der Waals surface area contributed by atoms with Crippen LogP contribution >= 0.6 is 0 Å². The SMILES string of the molecule is CC(C)[C@](C)(C#N)NC(=O)COc1ccc(C(=O)NC2CCCC2)cc1. The molecule has 2 amide bonds. The molecular formula is C20H27N3O3. The van der Waals surface area contributed by atoms with E-state index >= 15 is 0 Å². The number of ether oxygens (including phenoxy) is 1. The molecule has 0 heterocycles. The number of hydrogen-bond donors (Lipinski definition) is 2. The van der Waals surface area contributed by atoms with Gasteiger partial charge in [-0.1, -0.05) is 26.7 Å². The molecule has 0 unspecified atom stereocenters. The standard InChI is InChI=1S/C20H27N3O3/c1-14(2)20(3,13-21)23-18(24)12-26-17-10-8-15(9-11-17)19(25)22-16-6-4-5-7-16/h8-11,14,16H,4-7,12H2,1-3H3,(H,22,25)(H,23,24)/t20-/m0/s1. The molecule has 0 aliphatic heterocycles. The fraction of sp³-hybridized carbons (Fsp3) is 0.550. The van der Waals surface area contributed by atoms with Crippen LogP contribution in [0.3, 0.4) is 0 Å². The summed E-state index contributed by atoms with van der Waals surface area (Å²) in [7, 11) is 0. The Morgan fingerprint density at radius 3 is 2.42 bits per heavy atom. The zero-order valence-corrected chi connectivity index (χ0v) is 15.7. The van der Waals surface area contributed by atoms with E-state index in [1.54, 1.807) is 31.2 Å². The molecule has 6 heteroatoms. The minimum absolute atomic E-state index is 0.0193. The van der Waals surface area contributed by atoms with Crippen molar-refractivity contribution in [1.82, 2.24) is 10.6 Å². The van der Waals surface area contributed by atoms with Crippen LogP contribution in [-0.4, -0.2) is 30.0 Å². The first kappa shape index (κ1) is 19.8. The number of nitrogens with one attached hydrogen (secondary N) is 2. The van der Waals surface area contributed by atoms with Crippen LogP contribution in [0.15, 0.2) is 24.3 Å². The minimum Gasteiger partial charge on any atom is -0.484 e. The third kappa shape index (κ3) is 5.22. The highest BCUT2D eigenvalue weighted by molar-refractivity contribution is 5.94. The molecule has 1 atom stereocenters. The summed E-state index contributed by atoms with van der Waals surface area (Å²) in [5.41, 5.74) is -0.353. The van der Waals surface area contributed by atoms with E-state index in [2.05, 4.69) is 16.7 Å². The predicted molar refractivity (Wildman–Crippen MR) is 98.7 cm³/mol. The van der Waals surface area contributed by atoms with E-state index in [-0.39, 0.29) is 30.4 Å². The first-order chi connectivity index (χ1) is 12.3. The quantitative estimate of drug-likeness (QED) is 0.785. The Kier molecular flexibility index (Phi) is 6.62. The van der Waals surface area contributed by atoms with Crippen LogP contribution in [0.4, 0.5) is 0 Å². The van der Waals surface area contributed by atoms with Crippen molar-refractivity contribution in [3.63, 3.8) is 0 Å². The van der Waals surface area contributed by atoms with Crippen molar-refractivity contribution in [3.05, 3.63) is 29.8 Å². The van der Waals surface area contributed by atoms with Gasteiger partial charge in [-0.3, -0.25) is 9.59 Å². The van der Waals surface area contributed by atoms with Gasteiger partial charge in [-0.2, -0.15) is 5.26 Å². The lowest BCUT2D eigenvalue weighted by atomic mass is 9.90. The van der Waals surface area contributed by atoms with Gasteiger partial charge < -0.3 is 15.4 Å². The van der Waals surface area contributed by atoms with Crippen molar-refractivity contribution in [2.75, 3.05) is 6.61 Å². The Hall–Kier alpha value is -2.55. The van der Waals surface area contributed by atoms with Crippen molar-refractivity contribution in [2.45, 2.75) is 58.0 Å². The molecule has 1 aromatic carbocycles. The Bertz CT molecular complexity index is 673. The molecule has 6 nitrogen and oxygen atoms in total. The minimum atomic E-state index is -0.928. The molecule has 0 saturated heterocycles. The second kappa shape index (κ2) is 8.70. The van der Waals surface area contributed by atoms with E-state index in [0.717, 1.165) is 12.8 Å². The van der Waals surface area contributed by atoms with Gasteiger partial charge in [0.2, 0.25) is 0 Å². The highest BCUT2D eigenvalue weighted by Crippen LogP contribution is 2.19. The van der Waals surface area contributed by atoms with Crippen molar-refractivity contribution in [2.24, 2.45) is 5.92 Å². The second-order valence-corrected chi connectivity index (χ2v) is 7.28. The van der Waals surface area contributed by atoms with E-state index in [1.165, 1.54) is 12.8 Å². The highest BCUT2D eigenvalue weighted by atomic mass is 16.5. The van der Waals surface area contributed by atoms with Crippen LogP contribution < -0.4 is 15.4 Å². The third-order valence-electron chi connectivity index (χ3n) is 4.96. The molecule has 1 saturated carbocycles. The van der Waals surface area contributed by atoms with E-state index in [4.69, 9.17) is 4.74 Å². The van der Waals surface area contributed by atoms with E-state index in [1.807, 2.05) is 13.8 Å². The van der Waals surface area contributed by atoms with E-state index in [0.29, 0.717) is 11.3 Å². The lowest BCUT2D eigenvalue weighted by molar-refractivity contribution is -0.124. The topological polar surface area (TPSA) is 91.2 Å². The van der Waals surface area contributed by atoms with Gasteiger partial charge in [0.15, 0.2) is 6.61 Å². The maximum absolute atomic E-state index is 12.2. The molecule has 1 aliphatic carbocycles. The number of nitriles is 1. The van der Waals surface area contributed by atoms with Gasteiger partial charge in [-0.05, 0) is 49.9 Å². The summed E-state index contributed by atoms with van der Waals surface area (Å²) in [6.45, 7) is 5.25. The lowest BCUT2D eigenvalue weighted by Gasteiger charge is -2.27. The molecule has 1 aliphatic rings. The number of hydrogen-bond acceptors (Lipinski definition) is 4. The maximum Gasteiger partial charge on any atom is 0.259 e.